The van der Waals surface area contributed by atoms with E-state index in [2.05, 4.69) is 4.90 Å². The van der Waals surface area contributed by atoms with Crippen LogP contribution in [0.3, 0.4) is 0 Å². The fourth-order valence-electron chi connectivity index (χ4n) is 2.61. The molecule has 1 aliphatic carbocycles. The molecule has 0 bridgehead atoms. The normalized spacial score (nSPS) is 33.9. The Morgan fingerprint density at radius 1 is 1.43 bits per heavy atom. The second kappa shape index (κ2) is 3.69. The average Bonchev–Trinajstić information content (AvgIpc) is 2.70. The molecule has 2 unspecified atom stereocenters. The van der Waals surface area contributed by atoms with Crippen LogP contribution in [0.25, 0.3) is 0 Å². The maximum absolute atomic E-state index is 11.1. The third-order valence-electron chi connectivity index (χ3n) is 3.31. The van der Waals surface area contributed by atoms with E-state index < -0.39 is 0 Å². The van der Waals surface area contributed by atoms with Gasteiger partial charge in [-0.3, -0.25) is 14.5 Å². The van der Waals surface area contributed by atoms with Gasteiger partial charge in [0.25, 0.3) is 0 Å². The van der Waals surface area contributed by atoms with Crippen LogP contribution < -0.4 is 5.73 Å². The van der Waals surface area contributed by atoms with E-state index in [1.165, 1.54) is 0 Å². The molecule has 0 aromatic rings. The highest BCUT2D eigenvalue weighted by atomic mass is 16.1. The second-order valence-corrected chi connectivity index (χ2v) is 4.23. The number of nitrogens with zero attached hydrogens (tertiary/aromatic N) is 1. The minimum atomic E-state index is -0.234. The zero-order valence-electron chi connectivity index (χ0n) is 8.24. The maximum Gasteiger partial charge on any atom is 0.234 e. The monoisotopic (exact) mass is 196 g/mol. The minimum absolute atomic E-state index is 0.120. The number of primary amides is 1. The third kappa shape index (κ3) is 1.66. The highest BCUT2D eigenvalue weighted by molar-refractivity contribution is 5.82. The van der Waals surface area contributed by atoms with Crippen molar-refractivity contribution < 1.29 is 9.59 Å². The smallest absolute Gasteiger partial charge is 0.234 e. The van der Waals surface area contributed by atoms with Crippen molar-refractivity contribution in [3.05, 3.63) is 0 Å². The van der Waals surface area contributed by atoms with Crippen LogP contribution in [0.2, 0.25) is 0 Å². The van der Waals surface area contributed by atoms with E-state index in [1.807, 2.05) is 0 Å². The van der Waals surface area contributed by atoms with Crippen molar-refractivity contribution in [3.63, 3.8) is 0 Å². The molecule has 1 saturated carbocycles. The number of carbonyl (C=O) groups is 2. The number of rotatable bonds is 2. The average molecular weight is 196 g/mol. The molecule has 2 rings (SSSR count). The van der Waals surface area contributed by atoms with Gasteiger partial charge in [0.05, 0.1) is 6.04 Å². The molecule has 0 aromatic heterocycles. The quantitative estimate of drug-likeness (QED) is 0.679. The van der Waals surface area contributed by atoms with Gasteiger partial charge in [-0.25, -0.2) is 0 Å². The highest BCUT2D eigenvalue weighted by Crippen LogP contribution is 2.28. The van der Waals surface area contributed by atoms with E-state index in [-0.39, 0.29) is 18.0 Å². The Kier molecular flexibility index (Phi) is 2.54. The first-order chi connectivity index (χ1) is 6.68. The molecule has 1 amide bonds. The summed E-state index contributed by atoms with van der Waals surface area (Å²) in [6.07, 6.45) is 4.08. The van der Waals surface area contributed by atoms with Gasteiger partial charge in [-0.15, -0.1) is 0 Å². The first-order valence-electron chi connectivity index (χ1n) is 5.25. The van der Waals surface area contributed by atoms with E-state index in [0.717, 1.165) is 25.8 Å². The second-order valence-electron chi connectivity index (χ2n) is 4.23. The van der Waals surface area contributed by atoms with Crippen LogP contribution in [-0.2, 0) is 9.59 Å². The number of hydrogen-bond acceptors (Lipinski definition) is 3. The zero-order chi connectivity index (χ0) is 10.1. The van der Waals surface area contributed by atoms with E-state index in [4.69, 9.17) is 5.73 Å². The Labute approximate surface area is 83.4 Å². The summed E-state index contributed by atoms with van der Waals surface area (Å²) < 4.78 is 0. The van der Waals surface area contributed by atoms with E-state index in [9.17, 15) is 9.59 Å². The summed E-state index contributed by atoms with van der Waals surface area (Å²) in [4.78, 5) is 24.4. The molecular weight excluding hydrogens is 180 g/mol. The van der Waals surface area contributed by atoms with Crippen LogP contribution in [0.15, 0.2) is 0 Å². The van der Waals surface area contributed by atoms with Crippen molar-refractivity contribution in [2.24, 2.45) is 5.73 Å². The van der Waals surface area contributed by atoms with Gasteiger partial charge >= 0.3 is 0 Å². The lowest BCUT2D eigenvalue weighted by Gasteiger charge is -2.27. The first-order valence-corrected chi connectivity index (χ1v) is 5.25. The van der Waals surface area contributed by atoms with Crippen LogP contribution in [0.5, 0.6) is 0 Å². The molecular formula is C10H16N2O2. The van der Waals surface area contributed by atoms with Crippen LogP contribution in [-0.4, -0.2) is 35.2 Å². The summed E-state index contributed by atoms with van der Waals surface area (Å²) >= 11 is 0. The van der Waals surface area contributed by atoms with Crippen molar-refractivity contribution in [1.82, 2.24) is 4.90 Å². The summed E-state index contributed by atoms with van der Waals surface area (Å²) in [6.45, 7) is 0.922. The van der Waals surface area contributed by atoms with Gasteiger partial charge in [0.1, 0.15) is 5.78 Å². The van der Waals surface area contributed by atoms with Crippen LogP contribution in [0.4, 0.5) is 0 Å². The molecule has 4 nitrogen and oxygen atoms in total. The standard InChI is InChI=1S/C10H16N2O2/c11-10(14)9-2-1-5-12(9)7-3-4-8(13)6-7/h7,9H,1-6H2,(H2,11,14). The summed E-state index contributed by atoms with van der Waals surface area (Å²) in [6, 6.07) is 0.161. The number of amides is 1. The van der Waals surface area contributed by atoms with Crippen molar-refractivity contribution in [2.75, 3.05) is 6.54 Å². The SMILES string of the molecule is NC(=O)C1CCCN1C1CCC(=O)C1. The van der Waals surface area contributed by atoms with Crippen molar-refractivity contribution >= 4 is 11.7 Å². The fraction of sp³-hybridized carbons (Fsp3) is 0.800. The topological polar surface area (TPSA) is 63.4 Å². The number of ketones is 1. The number of Topliss-reactive ketones (excluding diaryl/α,β-unsaturated/α-hetero) is 1. The molecule has 2 fully saturated rings. The molecule has 0 spiro atoms. The number of hydrogen-bond donors (Lipinski definition) is 1. The summed E-state index contributed by atoms with van der Waals surface area (Å²) in [5, 5.41) is 0. The predicted molar refractivity (Wildman–Crippen MR) is 51.6 cm³/mol. The largest absolute Gasteiger partial charge is 0.368 e. The lowest BCUT2D eigenvalue weighted by atomic mass is 10.1. The molecule has 4 heteroatoms. The summed E-state index contributed by atoms with van der Waals surface area (Å²) in [5.74, 6) is 0.0898. The van der Waals surface area contributed by atoms with Gasteiger partial charge in [0, 0.05) is 18.9 Å². The zero-order valence-corrected chi connectivity index (χ0v) is 8.24. The van der Waals surface area contributed by atoms with Crippen LogP contribution in [0, 0.1) is 0 Å². The lowest BCUT2D eigenvalue weighted by molar-refractivity contribution is -0.123. The van der Waals surface area contributed by atoms with Crippen LogP contribution in [0.1, 0.15) is 32.1 Å². The Hall–Kier alpha value is -0.900. The Balaban J connectivity index is 2.02. The van der Waals surface area contributed by atoms with Gasteiger partial charge in [0.15, 0.2) is 0 Å². The molecule has 0 radical (unpaired) electrons. The van der Waals surface area contributed by atoms with Gasteiger partial charge in [0.2, 0.25) is 5.91 Å². The molecule has 2 aliphatic rings. The molecule has 2 atom stereocenters. The van der Waals surface area contributed by atoms with Crippen molar-refractivity contribution in [1.29, 1.82) is 0 Å². The Morgan fingerprint density at radius 2 is 2.21 bits per heavy atom. The van der Waals surface area contributed by atoms with E-state index in [0.29, 0.717) is 18.6 Å². The third-order valence-corrected chi connectivity index (χ3v) is 3.31. The van der Waals surface area contributed by atoms with E-state index in [1.54, 1.807) is 0 Å². The first kappa shape index (κ1) is 9.65. The molecule has 1 aliphatic heterocycles. The van der Waals surface area contributed by atoms with Crippen LogP contribution >= 0.6 is 0 Å². The van der Waals surface area contributed by atoms with Crippen molar-refractivity contribution in [3.8, 4) is 0 Å². The Morgan fingerprint density at radius 3 is 2.79 bits per heavy atom. The summed E-state index contributed by atoms with van der Waals surface area (Å²) in [7, 11) is 0. The maximum atomic E-state index is 11.1. The highest BCUT2D eigenvalue weighted by Gasteiger charge is 2.37. The number of nitrogens with two attached hydrogens (primary N) is 1. The molecule has 78 valence electrons. The van der Waals surface area contributed by atoms with Gasteiger partial charge in [-0.1, -0.05) is 0 Å². The van der Waals surface area contributed by atoms with Gasteiger partial charge in [-0.05, 0) is 25.8 Å². The van der Waals surface area contributed by atoms with Gasteiger partial charge in [-0.2, -0.15) is 0 Å². The minimum Gasteiger partial charge on any atom is -0.368 e. The summed E-state index contributed by atoms with van der Waals surface area (Å²) in [5.41, 5.74) is 5.32. The predicted octanol–water partition coefficient (Wildman–Crippen LogP) is 0.0577. The molecule has 14 heavy (non-hydrogen) atoms. The molecule has 1 heterocycles. The fourth-order valence-corrected chi connectivity index (χ4v) is 2.61. The molecule has 2 N–H and O–H groups in total. The molecule has 1 saturated heterocycles. The molecule has 0 aromatic carbocycles. The number of carbonyl (C=O) groups excluding carboxylic acids is 2. The number of likely N-dealkylation sites (tertiary alicyclic amines) is 1. The van der Waals surface area contributed by atoms with Gasteiger partial charge < -0.3 is 5.73 Å². The Bertz CT molecular complexity index is 265. The van der Waals surface area contributed by atoms with E-state index >= 15 is 0 Å². The lowest BCUT2D eigenvalue weighted by Crippen LogP contribution is -2.45. The van der Waals surface area contributed by atoms with Crippen molar-refractivity contribution in [2.45, 2.75) is 44.2 Å².